The molecule has 2 amide bonds. The van der Waals surface area contributed by atoms with Crippen LogP contribution in [0.2, 0.25) is 0 Å². The summed E-state index contributed by atoms with van der Waals surface area (Å²) in [5.41, 5.74) is -0.261. The molecule has 2 aromatic rings. The summed E-state index contributed by atoms with van der Waals surface area (Å²) in [7, 11) is 0. The third kappa shape index (κ3) is 3.61. The van der Waals surface area contributed by atoms with E-state index in [2.05, 4.69) is 0 Å². The van der Waals surface area contributed by atoms with Gasteiger partial charge in [-0.05, 0) is 50.6 Å². The summed E-state index contributed by atoms with van der Waals surface area (Å²) in [5, 5.41) is 0. The lowest BCUT2D eigenvalue weighted by Crippen LogP contribution is -2.81. The summed E-state index contributed by atoms with van der Waals surface area (Å²) in [6, 6.07) is 13.8. The smallest absolute Gasteiger partial charge is 0.366 e. The molecular formula is C24H26F3N3O2. The van der Waals surface area contributed by atoms with Crippen molar-refractivity contribution in [1.82, 2.24) is 9.80 Å². The Bertz CT molecular complexity index is 999. The summed E-state index contributed by atoms with van der Waals surface area (Å²) in [6.45, 7) is 6.18. The third-order valence-corrected chi connectivity index (χ3v) is 6.45. The van der Waals surface area contributed by atoms with E-state index < -0.39 is 23.3 Å². The number of carbonyl (C=O) groups is 2. The van der Waals surface area contributed by atoms with E-state index in [1.807, 2.05) is 49.1 Å². The first-order chi connectivity index (χ1) is 15.0. The average Bonchev–Trinajstić information content (AvgIpc) is 2.72. The SMILES string of the molecule is CC(C)N1CC(=O)N(C(C)c2ccc(C(F)(F)F)cc2)C2(CN(c3ccccc3)C2)C1=O. The van der Waals surface area contributed by atoms with E-state index in [0.29, 0.717) is 18.7 Å². The summed E-state index contributed by atoms with van der Waals surface area (Å²) < 4.78 is 38.9. The highest BCUT2D eigenvalue weighted by atomic mass is 19.4. The molecule has 0 N–H and O–H groups in total. The summed E-state index contributed by atoms with van der Waals surface area (Å²) >= 11 is 0. The summed E-state index contributed by atoms with van der Waals surface area (Å²) in [6.07, 6.45) is -4.43. The van der Waals surface area contributed by atoms with Crippen molar-refractivity contribution in [2.24, 2.45) is 0 Å². The Kier molecular flexibility index (Phi) is 5.43. The van der Waals surface area contributed by atoms with E-state index in [1.54, 1.807) is 16.7 Å². The van der Waals surface area contributed by atoms with Crippen molar-refractivity contribution in [3.05, 3.63) is 65.7 Å². The van der Waals surface area contributed by atoms with Gasteiger partial charge in [-0.15, -0.1) is 0 Å². The number of anilines is 1. The van der Waals surface area contributed by atoms with Gasteiger partial charge in [0.1, 0.15) is 6.54 Å². The number of halogens is 3. The van der Waals surface area contributed by atoms with Crippen LogP contribution in [0.15, 0.2) is 54.6 Å². The van der Waals surface area contributed by atoms with Crippen molar-refractivity contribution in [2.75, 3.05) is 24.5 Å². The van der Waals surface area contributed by atoms with Crippen molar-refractivity contribution in [2.45, 2.75) is 44.6 Å². The number of piperazine rings is 1. The van der Waals surface area contributed by atoms with Crippen molar-refractivity contribution in [1.29, 1.82) is 0 Å². The zero-order valence-corrected chi connectivity index (χ0v) is 18.3. The number of alkyl halides is 3. The molecular weight excluding hydrogens is 419 g/mol. The second kappa shape index (κ2) is 7.83. The average molecular weight is 445 g/mol. The maximum absolute atomic E-state index is 13.6. The molecule has 0 radical (unpaired) electrons. The molecule has 2 fully saturated rings. The van der Waals surface area contributed by atoms with Gasteiger partial charge in [-0.1, -0.05) is 30.3 Å². The molecule has 2 aliphatic rings. The molecule has 1 spiro atoms. The molecule has 0 aromatic heterocycles. The lowest BCUT2D eigenvalue weighted by atomic mass is 9.81. The van der Waals surface area contributed by atoms with Crippen molar-refractivity contribution in [3.63, 3.8) is 0 Å². The fourth-order valence-electron chi connectivity index (χ4n) is 4.70. The number of carbonyl (C=O) groups excluding carboxylic acids is 2. The van der Waals surface area contributed by atoms with E-state index in [0.717, 1.165) is 17.8 Å². The number of nitrogens with zero attached hydrogens (tertiary/aromatic N) is 3. The van der Waals surface area contributed by atoms with Crippen LogP contribution >= 0.6 is 0 Å². The van der Waals surface area contributed by atoms with Gasteiger partial charge in [0.15, 0.2) is 5.54 Å². The van der Waals surface area contributed by atoms with Crippen LogP contribution in [0.25, 0.3) is 0 Å². The van der Waals surface area contributed by atoms with Gasteiger partial charge in [0.25, 0.3) is 5.91 Å². The van der Waals surface area contributed by atoms with Crippen LogP contribution in [0.5, 0.6) is 0 Å². The van der Waals surface area contributed by atoms with Gasteiger partial charge < -0.3 is 14.7 Å². The monoisotopic (exact) mass is 445 g/mol. The number of benzene rings is 2. The second-order valence-corrected chi connectivity index (χ2v) is 8.81. The van der Waals surface area contributed by atoms with Crippen molar-refractivity contribution < 1.29 is 22.8 Å². The molecule has 0 aliphatic carbocycles. The molecule has 0 saturated carbocycles. The Morgan fingerprint density at radius 1 is 0.906 bits per heavy atom. The predicted molar refractivity (Wildman–Crippen MR) is 115 cm³/mol. The van der Waals surface area contributed by atoms with E-state index in [1.165, 1.54) is 12.1 Å². The van der Waals surface area contributed by atoms with E-state index in [9.17, 15) is 22.8 Å². The minimum atomic E-state index is -4.43. The number of para-hydroxylation sites is 1. The largest absolute Gasteiger partial charge is 0.416 e. The molecule has 5 nitrogen and oxygen atoms in total. The minimum absolute atomic E-state index is 0.0332. The van der Waals surface area contributed by atoms with Crippen LogP contribution < -0.4 is 4.90 Å². The Hall–Kier alpha value is -3.03. The number of amides is 2. The van der Waals surface area contributed by atoms with Crippen molar-refractivity contribution >= 4 is 17.5 Å². The van der Waals surface area contributed by atoms with Gasteiger partial charge in [0.2, 0.25) is 5.91 Å². The zero-order chi connectivity index (χ0) is 23.3. The van der Waals surface area contributed by atoms with Crippen LogP contribution in [0.1, 0.15) is 37.9 Å². The molecule has 170 valence electrons. The molecule has 32 heavy (non-hydrogen) atoms. The maximum Gasteiger partial charge on any atom is 0.416 e. The fourth-order valence-corrected chi connectivity index (χ4v) is 4.70. The molecule has 2 heterocycles. The van der Waals surface area contributed by atoms with Gasteiger partial charge in [0, 0.05) is 11.7 Å². The van der Waals surface area contributed by atoms with Crippen LogP contribution in [-0.2, 0) is 15.8 Å². The van der Waals surface area contributed by atoms with Crippen LogP contribution in [0, 0.1) is 0 Å². The standard InChI is InChI=1S/C24H26F3N3O2/c1-16(2)29-13-21(31)30(17(3)18-9-11-19(12-10-18)24(25,26)27)23(22(29)32)14-28(15-23)20-7-5-4-6-8-20/h4-12,16-17H,13-15H2,1-3H3. The molecule has 0 bridgehead atoms. The van der Waals surface area contributed by atoms with Crippen LogP contribution in [0.3, 0.4) is 0 Å². The van der Waals surface area contributed by atoms with E-state index >= 15 is 0 Å². The third-order valence-electron chi connectivity index (χ3n) is 6.45. The van der Waals surface area contributed by atoms with Gasteiger partial charge in [0.05, 0.1) is 24.7 Å². The lowest BCUT2D eigenvalue weighted by Gasteiger charge is -2.60. The molecule has 4 rings (SSSR count). The van der Waals surface area contributed by atoms with Crippen LogP contribution in [-0.4, -0.2) is 52.8 Å². The predicted octanol–water partition coefficient (Wildman–Crippen LogP) is 4.10. The molecule has 8 heteroatoms. The molecule has 2 aliphatic heterocycles. The number of hydrogen-bond donors (Lipinski definition) is 0. The summed E-state index contributed by atoms with van der Waals surface area (Å²) in [5.74, 6) is -0.309. The highest BCUT2D eigenvalue weighted by Gasteiger charge is 2.61. The maximum atomic E-state index is 13.6. The zero-order valence-electron chi connectivity index (χ0n) is 18.3. The molecule has 2 aromatic carbocycles. The second-order valence-electron chi connectivity index (χ2n) is 8.81. The Morgan fingerprint density at radius 3 is 2.03 bits per heavy atom. The minimum Gasteiger partial charge on any atom is -0.366 e. The first kappa shape index (κ1) is 22.2. The highest BCUT2D eigenvalue weighted by Crippen LogP contribution is 2.42. The first-order valence-corrected chi connectivity index (χ1v) is 10.6. The molecule has 1 atom stereocenters. The van der Waals surface area contributed by atoms with Crippen LogP contribution in [0.4, 0.5) is 18.9 Å². The number of hydrogen-bond acceptors (Lipinski definition) is 3. The highest BCUT2D eigenvalue weighted by molar-refractivity contribution is 6.01. The lowest BCUT2D eigenvalue weighted by molar-refractivity contribution is -0.172. The van der Waals surface area contributed by atoms with Gasteiger partial charge in [-0.3, -0.25) is 9.59 Å². The first-order valence-electron chi connectivity index (χ1n) is 10.6. The Balaban J connectivity index is 1.67. The Labute approximate surface area is 185 Å². The van der Waals surface area contributed by atoms with E-state index in [-0.39, 0.29) is 24.4 Å². The number of rotatable bonds is 4. The Morgan fingerprint density at radius 2 is 1.50 bits per heavy atom. The molecule has 1 unspecified atom stereocenters. The van der Waals surface area contributed by atoms with Gasteiger partial charge in [-0.2, -0.15) is 13.2 Å². The van der Waals surface area contributed by atoms with Gasteiger partial charge in [-0.25, -0.2) is 0 Å². The quantitative estimate of drug-likeness (QED) is 0.712. The van der Waals surface area contributed by atoms with Crippen molar-refractivity contribution in [3.8, 4) is 0 Å². The van der Waals surface area contributed by atoms with E-state index in [4.69, 9.17) is 0 Å². The fraction of sp³-hybridized carbons (Fsp3) is 0.417. The molecule has 2 saturated heterocycles. The normalized spacial score (nSPS) is 19.5. The topological polar surface area (TPSA) is 43.9 Å². The summed E-state index contributed by atoms with van der Waals surface area (Å²) in [4.78, 5) is 32.1. The van der Waals surface area contributed by atoms with Gasteiger partial charge >= 0.3 is 6.18 Å².